The van der Waals surface area contributed by atoms with Crippen LogP contribution in [-0.4, -0.2) is 26.0 Å². The van der Waals surface area contributed by atoms with Gasteiger partial charge in [0.05, 0.1) is 19.8 Å². The van der Waals surface area contributed by atoms with Gasteiger partial charge in [-0.2, -0.15) is 0 Å². The molecule has 1 aromatic carbocycles. The number of hydrogen-bond acceptors (Lipinski definition) is 5. The van der Waals surface area contributed by atoms with E-state index in [2.05, 4.69) is 5.32 Å². The van der Waals surface area contributed by atoms with Crippen LogP contribution >= 0.6 is 11.3 Å². The number of methoxy groups -OCH3 is 2. The van der Waals surface area contributed by atoms with Crippen LogP contribution in [0.15, 0.2) is 30.3 Å². The van der Waals surface area contributed by atoms with Gasteiger partial charge >= 0.3 is 0 Å². The lowest BCUT2D eigenvalue weighted by atomic mass is 10.2. The molecule has 2 amide bonds. The maximum atomic E-state index is 12.1. The van der Waals surface area contributed by atoms with Crippen molar-refractivity contribution >= 4 is 34.2 Å². The van der Waals surface area contributed by atoms with E-state index in [0.717, 1.165) is 16.9 Å². The Morgan fingerprint density at radius 1 is 1.20 bits per heavy atom. The number of aryl methyl sites for hydroxylation is 1. The first kappa shape index (κ1) is 18.5. The number of benzene rings is 1. The molecule has 1 heterocycles. The number of amides is 2. The zero-order valence-electron chi connectivity index (χ0n) is 14.3. The Morgan fingerprint density at radius 3 is 2.52 bits per heavy atom. The van der Waals surface area contributed by atoms with Gasteiger partial charge in [-0.15, -0.1) is 11.3 Å². The number of hydrogen-bond donors (Lipinski definition) is 2. The van der Waals surface area contributed by atoms with E-state index in [1.54, 1.807) is 44.6 Å². The highest BCUT2D eigenvalue weighted by atomic mass is 32.1. The highest BCUT2D eigenvalue weighted by Crippen LogP contribution is 2.29. The van der Waals surface area contributed by atoms with E-state index in [0.29, 0.717) is 22.1 Å². The van der Waals surface area contributed by atoms with Gasteiger partial charge in [-0.1, -0.05) is 13.0 Å². The SMILES string of the molecule is CCc1cc(C(N)=O)c(NC(=O)/C=C/c2ccc(OC)c(OC)c2)s1. The molecule has 0 aliphatic heterocycles. The molecule has 7 heteroatoms. The predicted molar refractivity (Wildman–Crippen MR) is 99.4 cm³/mol. The zero-order valence-corrected chi connectivity index (χ0v) is 15.1. The number of carbonyl (C=O) groups is 2. The molecule has 2 aromatic rings. The molecule has 0 fully saturated rings. The standard InChI is InChI=1S/C18H20N2O4S/c1-4-12-10-13(17(19)22)18(25-12)20-16(21)8-6-11-5-7-14(23-2)15(9-11)24-3/h5-10H,4H2,1-3H3,(H2,19,22)(H,20,21)/b8-6+. The van der Waals surface area contributed by atoms with E-state index in [4.69, 9.17) is 15.2 Å². The van der Waals surface area contributed by atoms with Crippen molar-refractivity contribution in [3.05, 3.63) is 46.3 Å². The number of primary amides is 1. The number of nitrogens with two attached hydrogens (primary N) is 1. The Bertz CT molecular complexity index is 811. The molecule has 2 rings (SSSR count). The van der Waals surface area contributed by atoms with E-state index >= 15 is 0 Å². The minimum absolute atomic E-state index is 0.328. The first-order valence-corrected chi connectivity index (χ1v) is 8.43. The van der Waals surface area contributed by atoms with Crippen LogP contribution in [-0.2, 0) is 11.2 Å². The summed E-state index contributed by atoms with van der Waals surface area (Å²) in [6.45, 7) is 1.97. The summed E-state index contributed by atoms with van der Waals surface area (Å²) in [4.78, 5) is 24.6. The molecule has 0 aliphatic rings. The van der Waals surface area contributed by atoms with Crippen LogP contribution in [0, 0.1) is 0 Å². The van der Waals surface area contributed by atoms with Crippen LogP contribution < -0.4 is 20.5 Å². The number of carbonyl (C=O) groups excluding carboxylic acids is 2. The van der Waals surface area contributed by atoms with E-state index in [9.17, 15) is 9.59 Å². The normalized spacial score (nSPS) is 10.7. The smallest absolute Gasteiger partial charge is 0.251 e. The molecule has 3 N–H and O–H groups in total. The van der Waals surface area contributed by atoms with Crippen LogP contribution in [0.3, 0.4) is 0 Å². The maximum Gasteiger partial charge on any atom is 0.251 e. The van der Waals surface area contributed by atoms with E-state index in [1.165, 1.54) is 17.4 Å². The fourth-order valence-corrected chi connectivity index (χ4v) is 3.18. The molecule has 0 bridgehead atoms. The Kier molecular flexibility index (Phi) is 6.19. The molecule has 6 nitrogen and oxygen atoms in total. The summed E-state index contributed by atoms with van der Waals surface area (Å²) in [6, 6.07) is 7.03. The molecular weight excluding hydrogens is 340 g/mol. The molecule has 132 valence electrons. The Morgan fingerprint density at radius 2 is 1.92 bits per heavy atom. The van der Waals surface area contributed by atoms with Crippen molar-refractivity contribution < 1.29 is 19.1 Å². The summed E-state index contributed by atoms with van der Waals surface area (Å²) in [7, 11) is 3.11. The maximum absolute atomic E-state index is 12.1. The van der Waals surface area contributed by atoms with E-state index < -0.39 is 5.91 Å². The molecule has 0 saturated heterocycles. The van der Waals surface area contributed by atoms with Crippen molar-refractivity contribution in [3.8, 4) is 11.5 Å². The third kappa shape index (κ3) is 4.60. The third-order valence-electron chi connectivity index (χ3n) is 3.47. The third-order valence-corrected chi connectivity index (χ3v) is 4.66. The van der Waals surface area contributed by atoms with E-state index in [-0.39, 0.29) is 5.91 Å². The monoisotopic (exact) mass is 360 g/mol. The van der Waals surface area contributed by atoms with Crippen molar-refractivity contribution in [2.75, 3.05) is 19.5 Å². The van der Waals surface area contributed by atoms with Crippen molar-refractivity contribution in [3.63, 3.8) is 0 Å². The fraction of sp³-hybridized carbons (Fsp3) is 0.222. The van der Waals surface area contributed by atoms with Gasteiger partial charge in [0.1, 0.15) is 5.00 Å². The van der Waals surface area contributed by atoms with Crippen LogP contribution in [0.1, 0.15) is 27.7 Å². The fourth-order valence-electron chi connectivity index (χ4n) is 2.17. The number of anilines is 1. The molecular formula is C18H20N2O4S. The van der Waals surface area contributed by atoms with Gasteiger partial charge in [0.25, 0.3) is 5.91 Å². The van der Waals surface area contributed by atoms with Crippen LogP contribution in [0.5, 0.6) is 11.5 Å². The van der Waals surface area contributed by atoms with Gasteiger partial charge in [0.15, 0.2) is 11.5 Å². The van der Waals surface area contributed by atoms with Crippen molar-refractivity contribution in [1.82, 2.24) is 0 Å². The van der Waals surface area contributed by atoms with Gasteiger partial charge < -0.3 is 20.5 Å². The first-order valence-electron chi connectivity index (χ1n) is 7.62. The van der Waals surface area contributed by atoms with Crippen LogP contribution in [0.4, 0.5) is 5.00 Å². The number of nitrogens with one attached hydrogen (secondary N) is 1. The summed E-state index contributed by atoms with van der Waals surface area (Å²) in [6.07, 6.45) is 3.80. The second-order valence-corrected chi connectivity index (χ2v) is 6.25. The van der Waals surface area contributed by atoms with Crippen LogP contribution in [0.25, 0.3) is 6.08 Å². The molecule has 25 heavy (non-hydrogen) atoms. The molecule has 0 atom stereocenters. The molecule has 1 aromatic heterocycles. The highest BCUT2D eigenvalue weighted by Gasteiger charge is 2.14. The second kappa shape index (κ2) is 8.34. The molecule has 0 unspecified atom stereocenters. The topological polar surface area (TPSA) is 90.7 Å². The molecule has 0 spiro atoms. The minimum Gasteiger partial charge on any atom is -0.493 e. The Balaban J connectivity index is 2.14. The van der Waals surface area contributed by atoms with Gasteiger partial charge in [-0.3, -0.25) is 9.59 Å². The Hall–Kier alpha value is -2.80. The largest absolute Gasteiger partial charge is 0.493 e. The van der Waals surface area contributed by atoms with Gasteiger partial charge in [-0.05, 0) is 36.3 Å². The summed E-state index contributed by atoms with van der Waals surface area (Å²) in [5, 5.41) is 3.17. The van der Waals surface area contributed by atoms with Crippen LogP contribution in [0.2, 0.25) is 0 Å². The Labute approximate surface area is 150 Å². The van der Waals surface area contributed by atoms with Crippen molar-refractivity contribution in [2.45, 2.75) is 13.3 Å². The average Bonchev–Trinajstić information content (AvgIpc) is 3.02. The van der Waals surface area contributed by atoms with Gasteiger partial charge in [-0.25, -0.2) is 0 Å². The first-order chi connectivity index (χ1) is 12.0. The molecule has 0 aliphatic carbocycles. The van der Waals surface area contributed by atoms with E-state index in [1.807, 2.05) is 6.92 Å². The molecule has 0 saturated carbocycles. The predicted octanol–water partition coefficient (Wildman–Crippen LogP) is 3.08. The average molecular weight is 360 g/mol. The summed E-state index contributed by atoms with van der Waals surface area (Å²) in [5.41, 5.74) is 6.46. The number of thiophene rings is 1. The quantitative estimate of drug-likeness (QED) is 0.743. The van der Waals surface area contributed by atoms with Crippen molar-refractivity contribution in [2.24, 2.45) is 5.73 Å². The lowest BCUT2D eigenvalue weighted by Crippen LogP contribution is -2.14. The number of ether oxygens (including phenoxy) is 2. The lowest BCUT2D eigenvalue weighted by Gasteiger charge is -2.07. The highest BCUT2D eigenvalue weighted by molar-refractivity contribution is 7.16. The summed E-state index contributed by atoms with van der Waals surface area (Å²) < 4.78 is 10.4. The molecule has 0 radical (unpaired) electrons. The van der Waals surface area contributed by atoms with Crippen molar-refractivity contribution in [1.29, 1.82) is 0 Å². The zero-order chi connectivity index (χ0) is 18.4. The second-order valence-electron chi connectivity index (χ2n) is 5.11. The van der Waals surface area contributed by atoms with Gasteiger partial charge in [0.2, 0.25) is 5.91 Å². The van der Waals surface area contributed by atoms with Gasteiger partial charge in [0, 0.05) is 11.0 Å². The summed E-state index contributed by atoms with van der Waals surface area (Å²) >= 11 is 1.35. The minimum atomic E-state index is -0.560. The lowest BCUT2D eigenvalue weighted by molar-refractivity contribution is -0.111. The summed E-state index contributed by atoms with van der Waals surface area (Å²) in [5.74, 6) is 0.282. The number of rotatable bonds is 7.